The van der Waals surface area contributed by atoms with E-state index in [1.54, 1.807) is 0 Å². The molecule has 1 heterocycles. The Labute approximate surface area is 77.2 Å². The van der Waals surface area contributed by atoms with E-state index in [0.29, 0.717) is 0 Å². The molecule has 0 radical (unpaired) electrons. The highest BCUT2D eigenvalue weighted by Gasteiger charge is 2.16. The molecule has 1 rings (SSSR count). The van der Waals surface area contributed by atoms with Gasteiger partial charge in [0.15, 0.2) is 0 Å². The Balaban J connectivity index is 3.60. The molecule has 0 unspecified atom stereocenters. The average molecular weight is 206 g/mol. The zero-order valence-electron chi connectivity index (χ0n) is 6.54. The van der Waals surface area contributed by atoms with Crippen molar-refractivity contribution in [3.8, 4) is 0 Å². The summed E-state index contributed by atoms with van der Waals surface area (Å²) in [5.41, 5.74) is -1.38. The van der Waals surface area contributed by atoms with Crippen molar-refractivity contribution in [2.24, 2.45) is 7.05 Å². The second-order valence-corrected chi connectivity index (χ2v) is 2.77. The summed E-state index contributed by atoms with van der Waals surface area (Å²) in [5, 5.41) is 7.88. The number of hydrogen-bond donors (Lipinski definition) is 1. The summed E-state index contributed by atoms with van der Waals surface area (Å²) in [6.45, 7) is 0. The average Bonchev–Trinajstić information content (AvgIpc) is 2.07. The number of aromatic carboxylic acids is 1. The van der Waals surface area contributed by atoms with Crippen molar-refractivity contribution in [3.63, 3.8) is 0 Å². The molecule has 0 saturated carbocycles. The van der Waals surface area contributed by atoms with E-state index in [1.807, 2.05) is 0 Å². The summed E-state index contributed by atoms with van der Waals surface area (Å²) in [6, 6.07) is 0. The van der Waals surface area contributed by atoms with Gasteiger partial charge in [-0.2, -0.15) is 4.39 Å². The van der Waals surface area contributed by atoms with Crippen LogP contribution in [-0.4, -0.2) is 15.6 Å². The molecular formula is C7H5ClFNO3. The molecule has 1 N–H and O–H groups in total. The number of carbonyl (C=O) groups is 1. The van der Waals surface area contributed by atoms with Gasteiger partial charge in [-0.3, -0.25) is 4.79 Å². The third-order valence-corrected chi connectivity index (χ3v) is 1.86. The molecule has 1 aromatic heterocycles. The Morgan fingerprint density at radius 3 is 2.69 bits per heavy atom. The molecule has 70 valence electrons. The van der Waals surface area contributed by atoms with Crippen molar-refractivity contribution in [2.75, 3.05) is 0 Å². The molecular weight excluding hydrogens is 201 g/mol. The zero-order valence-corrected chi connectivity index (χ0v) is 7.30. The second kappa shape index (κ2) is 3.18. The monoisotopic (exact) mass is 205 g/mol. The third kappa shape index (κ3) is 1.55. The van der Waals surface area contributed by atoms with Crippen molar-refractivity contribution in [1.82, 2.24) is 4.57 Å². The van der Waals surface area contributed by atoms with Crippen LogP contribution in [0.2, 0.25) is 5.02 Å². The Bertz CT molecular complexity index is 426. The van der Waals surface area contributed by atoms with Crippen LogP contribution in [0.3, 0.4) is 0 Å². The summed E-state index contributed by atoms with van der Waals surface area (Å²) >= 11 is 5.30. The van der Waals surface area contributed by atoms with Crippen molar-refractivity contribution in [1.29, 1.82) is 0 Å². The molecule has 0 atom stereocenters. The van der Waals surface area contributed by atoms with Crippen molar-refractivity contribution in [3.05, 3.63) is 33.0 Å². The number of nitrogens with zero attached hydrogens (tertiary/aromatic N) is 1. The van der Waals surface area contributed by atoms with E-state index in [2.05, 4.69) is 0 Å². The number of carboxylic acid groups (broad SMARTS) is 1. The third-order valence-electron chi connectivity index (χ3n) is 1.49. The number of pyridine rings is 1. The predicted octanol–water partition coefficient (Wildman–Crippen LogP) is 0.876. The normalized spacial score (nSPS) is 10.1. The molecule has 6 heteroatoms. The smallest absolute Gasteiger partial charge is 0.338 e. The fourth-order valence-corrected chi connectivity index (χ4v) is 1.04. The number of hydrogen-bond acceptors (Lipinski definition) is 2. The standard InChI is InChI=1S/C7H5ClFNO3/c1-10-2-3(7(12)13)4(8)5(9)6(10)11/h2H,1H3,(H,12,13). The SMILES string of the molecule is Cn1cc(C(=O)O)c(Cl)c(F)c1=O. The lowest BCUT2D eigenvalue weighted by Gasteiger charge is -2.02. The molecule has 13 heavy (non-hydrogen) atoms. The van der Waals surface area contributed by atoms with Gasteiger partial charge in [0.2, 0.25) is 5.82 Å². The maximum Gasteiger partial charge on any atom is 0.338 e. The van der Waals surface area contributed by atoms with E-state index >= 15 is 0 Å². The first kappa shape index (κ1) is 9.73. The van der Waals surface area contributed by atoms with Gasteiger partial charge in [-0.1, -0.05) is 11.6 Å². The molecule has 0 bridgehead atoms. The van der Waals surface area contributed by atoms with Crippen LogP contribution in [0, 0.1) is 5.82 Å². The van der Waals surface area contributed by atoms with E-state index < -0.39 is 27.9 Å². The van der Waals surface area contributed by atoms with Crippen molar-refractivity contribution < 1.29 is 14.3 Å². The first-order valence-electron chi connectivity index (χ1n) is 3.23. The van der Waals surface area contributed by atoms with Crippen LogP contribution in [0.4, 0.5) is 4.39 Å². The van der Waals surface area contributed by atoms with E-state index in [0.717, 1.165) is 10.8 Å². The second-order valence-electron chi connectivity index (χ2n) is 2.39. The highest BCUT2D eigenvalue weighted by molar-refractivity contribution is 6.33. The number of rotatable bonds is 1. The van der Waals surface area contributed by atoms with Gasteiger partial charge in [-0.25, -0.2) is 4.79 Å². The Kier molecular flexibility index (Phi) is 2.38. The van der Waals surface area contributed by atoms with Gasteiger partial charge in [0.25, 0.3) is 5.56 Å². The number of aromatic nitrogens is 1. The maximum atomic E-state index is 12.9. The highest BCUT2D eigenvalue weighted by Crippen LogP contribution is 2.16. The Hall–Kier alpha value is -1.36. The molecule has 0 aliphatic carbocycles. The van der Waals surface area contributed by atoms with Crippen LogP contribution in [0.25, 0.3) is 0 Å². The topological polar surface area (TPSA) is 59.3 Å². The summed E-state index contributed by atoms with van der Waals surface area (Å²) in [6.07, 6.45) is 0.968. The quantitative estimate of drug-likeness (QED) is 0.740. The molecule has 4 nitrogen and oxygen atoms in total. The zero-order chi connectivity index (χ0) is 10.2. The molecule has 0 aliphatic heterocycles. The van der Waals surface area contributed by atoms with Crippen LogP contribution < -0.4 is 5.56 Å². The summed E-state index contributed by atoms with van der Waals surface area (Å²) in [7, 11) is 1.24. The largest absolute Gasteiger partial charge is 0.478 e. The summed E-state index contributed by atoms with van der Waals surface area (Å²) in [4.78, 5) is 21.3. The van der Waals surface area contributed by atoms with Crippen LogP contribution in [-0.2, 0) is 7.05 Å². The first-order valence-corrected chi connectivity index (χ1v) is 3.61. The molecule has 0 fully saturated rings. The number of halogens is 2. The van der Waals surface area contributed by atoms with E-state index in [-0.39, 0.29) is 0 Å². The lowest BCUT2D eigenvalue weighted by Crippen LogP contribution is -2.22. The van der Waals surface area contributed by atoms with Gasteiger partial charge < -0.3 is 9.67 Å². The molecule has 0 saturated heterocycles. The lowest BCUT2D eigenvalue weighted by molar-refractivity contribution is 0.0695. The van der Waals surface area contributed by atoms with Gasteiger partial charge in [-0.05, 0) is 0 Å². The van der Waals surface area contributed by atoms with E-state index in [9.17, 15) is 14.0 Å². The van der Waals surface area contributed by atoms with Crippen LogP contribution >= 0.6 is 11.6 Å². The van der Waals surface area contributed by atoms with Gasteiger partial charge in [0.05, 0.1) is 10.6 Å². The predicted molar refractivity (Wildman–Crippen MR) is 43.6 cm³/mol. The molecule has 0 spiro atoms. The summed E-state index contributed by atoms with van der Waals surface area (Å²) in [5.74, 6) is -2.62. The molecule has 0 aromatic carbocycles. The van der Waals surface area contributed by atoms with Gasteiger partial charge >= 0.3 is 5.97 Å². The minimum absolute atomic E-state index is 0.429. The minimum Gasteiger partial charge on any atom is -0.478 e. The Morgan fingerprint density at radius 1 is 1.69 bits per heavy atom. The van der Waals surface area contributed by atoms with E-state index in [4.69, 9.17) is 16.7 Å². The van der Waals surface area contributed by atoms with Crippen molar-refractivity contribution in [2.45, 2.75) is 0 Å². The Morgan fingerprint density at radius 2 is 2.23 bits per heavy atom. The molecule has 1 aromatic rings. The van der Waals surface area contributed by atoms with Crippen LogP contribution in [0.15, 0.2) is 11.0 Å². The first-order chi connectivity index (χ1) is 5.95. The molecule has 0 aliphatic rings. The summed E-state index contributed by atoms with van der Waals surface area (Å²) < 4.78 is 13.7. The highest BCUT2D eigenvalue weighted by atomic mass is 35.5. The van der Waals surface area contributed by atoms with Gasteiger partial charge in [0, 0.05) is 13.2 Å². The van der Waals surface area contributed by atoms with E-state index in [1.165, 1.54) is 7.05 Å². The fraction of sp³-hybridized carbons (Fsp3) is 0.143. The number of carboxylic acids is 1. The number of aryl methyl sites for hydroxylation is 1. The lowest BCUT2D eigenvalue weighted by atomic mass is 10.3. The van der Waals surface area contributed by atoms with Gasteiger partial charge in [-0.15, -0.1) is 0 Å². The van der Waals surface area contributed by atoms with Crippen LogP contribution in [0.1, 0.15) is 10.4 Å². The fourth-order valence-electron chi connectivity index (χ4n) is 0.825. The molecule has 0 amide bonds. The van der Waals surface area contributed by atoms with Gasteiger partial charge in [0.1, 0.15) is 0 Å². The maximum absolute atomic E-state index is 12.9. The minimum atomic E-state index is -1.38. The van der Waals surface area contributed by atoms with Crippen LogP contribution in [0.5, 0.6) is 0 Å². The van der Waals surface area contributed by atoms with Crippen molar-refractivity contribution >= 4 is 17.6 Å².